The quantitative estimate of drug-likeness (QED) is 0.759. The molecule has 5 nitrogen and oxygen atoms in total. The summed E-state index contributed by atoms with van der Waals surface area (Å²) in [6.45, 7) is 7.08. The average molecular weight is 367 g/mol. The first-order chi connectivity index (χ1) is 10.1. The molecule has 0 aliphatic heterocycles. The highest BCUT2D eigenvalue weighted by atomic mass is 35.5. The molecule has 0 saturated carbocycles. The van der Waals surface area contributed by atoms with E-state index in [9.17, 15) is 13.2 Å². The Balaban J connectivity index is 2.86. The summed E-state index contributed by atoms with van der Waals surface area (Å²) in [5, 5.41) is 3.13. The highest BCUT2D eigenvalue weighted by molar-refractivity contribution is 7.89. The van der Waals surface area contributed by atoms with E-state index in [0.29, 0.717) is 16.1 Å². The van der Waals surface area contributed by atoms with Crippen molar-refractivity contribution >= 4 is 39.1 Å². The SMILES string of the molecule is Cc1cc(Cl)c(C)c(S(=O)(=O)NCCNC(=O)C(C)C)c1Cl. The number of rotatable bonds is 6. The zero-order chi connectivity index (χ0) is 17.1. The van der Waals surface area contributed by atoms with Gasteiger partial charge in [-0.1, -0.05) is 37.0 Å². The minimum absolute atomic E-state index is 0.0191. The van der Waals surface area contributed by atoms with E-state index in [-0.39, 0.29) is 34.8 Å². The van der Waals surface area contributed by atoms with Gasteiger partial charge in [0.15, 0.2) is 0 Å². The Morgan fingerprint density at radius 3 is 2.36 bits per heavy atom. The van der Waals surface area contributed by atoms with Gasteiger partial charge in [0, 0.05) is 24.0 Å². The van der Waals surface area contributed by atoms with Crippen LogP contribution in [-0.2, 0) is 14.8 Å². The standard InChI is InChI=1S/C14H20Cl2N2O3S/c1-8(2)14(19)17-5-6-18-22(20,21)13-10(4)11(15)7-9(3)12(13)16/h7-8,18H,5-6H2,1-4H3,(H,17,19). The lowest BCUT2D eigenvalue weighted by Gasteiger charge is -2.14. The average Bonchev–Trinajstić information content (AvgIpc) is 2.41. The number of carbonyl (C=O) groups excluding carboxylic acids is 1. The first kappa shape index (κ1) is 19.2. The van der Waals surface area contributed by atoms with Crippen molar-refractivity contribution < 1.29 is 13.2 Å². The molecular weight excluding hydrogens is 347 g/mol. The number of carbonyl (C=O) groups is 1. The lowest BCUT2D eigenvalue weighted by molar-refractivity contribution is -0.123. The van der Waals surface area contributed by atoms with Gasteiger partial charge in [0.05, 0.1) is 5.02 Å². The maximum absolute atomic E-state index is 12.4. The fourth-order valence-electron chi connectivity index (χ4n) is 1.78. The number of sulfonamides is 1. The van der Waals surface area contributed by atoms with Crippen LogP contribution in [0.5, 0.6) is 0 Å². The minimum atomic E-state index is -3.80. The maximum atomic E-state index is 12.4. The zero-order valence-corrected chi connectivity index (χ0v) is 15.3. The number of hydrogen-bond donors (Lipinski definition) is 2. The first-order valence-corrected chi connectivity index (χ1v) is 9.04. The summed E-state index contributed by atoms with van der Waals surface area (Å²) in [4.78, 5) is 11.4. The highest BCUT2D eigenvalue weighted by Gasteiger charge is 2.23. The number of hydrogen-bond acceptors (Lipinski definition) is 3. The summed E-state index contributed by atoms with van der Waals surface area (Å²) in [7, 11) is -3.80. The van der Waals surface area contributed by atoms with E-state index in [1.165, 1.54) is 0 Å². The molecule has 1 rings (SSSR count). The first-order valence-electron chi connectivity index (χ1n) is 6.80. The van der Waals surface area contributed by atoms with Gasteiger partial charge in [-0.3, -0.25) is 4.79 Å². The van der Waals surface area contributed by atoms with Crippen molar-refractivity contribution in [1.29, 1.82) is 0 Å². The Hall–Kier alpha value is -0.820. The van der Waals surface area contributed by atoms with Crippen molar-refractivity contribution in [2.45, 2.75) is 32.6 Å². The van der Waals surface area contributed by atoms with Crippen molar-refractivity contribution in [3.8, 4) is 0 Å². The molecule has 1 aromatic carbocycles. The molecule has 22 heavy (non-hydrogen) atoms. The predicted octanol–water partition coefficient (Wildman–Crippen LogP) is 2.66. The second-order valence-corrected chi connectivity index (χ2v) is 7.78. The normalized spacial score (nSPS) is 11.8. The summed E-state index contributed by atoms with van der Waals surface area (Å²) in [5.41, 5.74) is 0.988. The van der Waals surface area contributed by atoms with Crippen molar-refractivity contribution in [2.24, 2.45) is 5.92 Å². The van der Waals surface area contributed by atoms with Crippen LogP contribution in [0.3, 0.4) is 0 Å². The smallest absolute Gasteiger partial charge is 0.242 e. The number of aryl methyl sites for hydroxylation is 1. The molecule has 0 aliphatic rings. The van der Waals surface area contributed by atoms with Crippen LogP contribution in [0, 0.1) is 19.8 Å². The van der Waals surface area contributed by atoms with Gasteiger partial charge in [-0.2, -0.15) is 0 Å². The van der Waals surface area contributed by atoms with Crippen LogP contribution in [0.1, 0.15) is 25.0 Å². The third kappa shape index (κ3) is 4.59. The molecule has 1 aromatic rings. The summed E-state index contributed by atoms with van der Waals surface area (Å²) in [6, 6.07) is 1.63. The van der Waals surface area contributed by atoms with Crippen molar-refractivity contribution in [3.05, 3.63) is 27.2 Å². The van der Waals surface area contributed by atoms with Gasteiger partial charge >= 0.3 is 0 Å². The van der Waals surface area contributed by atoms with E-state index in [0.717, 1.165) is 0 Å². The molecule has 124 valence electrons. The van der Waals surface area contributed by atoms with E-state index in [1.807, 2.05) is 0 Å². The lowest BCUT2D eigenvalue weighted by atomic mass is 10.2. The lowest BCUT2D eigenvalue weighted by Crippen LogP contribution is -2.36. The van der Waals surface area contributed by atoms with Crippen LogP contribution in [0.2, 0.25) is 10.0 Å². The van der Waals surface area contributed by atoms with E-state index in [2.05, 4.69) is 10.0 Å². The third-order valence-corrected chi connectivity index (χ3v) is 5.72. The Kier molecular flexibility index (Phi) is 6.67. The largest absolute Gasteiger partial charge is 0.355 e. The molecule has 2 N–H and O–H groups in total. The van der Waals surface area contributed by atoms with Crippen LogP contribution in [-0.4, -0.2) is 27.4 Å². The van der Waals surface area contributed by atoms with E-state index < -0.39 is 10.0 Å². The van der Waals surface area contributed by atoms with Crippen molar-refractivity contribution in [2.75, 3.05) is 13.1 Å². The van der Waals surface area contributed by atoms with E-state index in [4.69, 9.17) is 23.2 Å². The molecule has 0 saturated heterocycles. The third-order valence-electron chi connectivity index (χ3n) is 3.10. The minimum Gasteiger partial charge on any atom is -0.355 e. The maximum Gasteiger partial charge on any atom is 0.242 e. The second kappa shape index (κ2) is 7.64. The summed E-state index contributed by atoms with van der Waals surface area (Å²) >= 11 is 12.1. The molecule has 0 spiro atoms. The van der Waals surface area contributed by atoms with Crippen LogP contribution < -0.4 is 10.0 Å². The van der Waals surface area contributed by atoms with Gasteiger partial charge in [-0.05, 0) is 31.0 Å². The van der Waals surface area contributed by atoms with Gasteiger partial charge in [-0.15, -0.1) is 0 Å². The van der Waals surface area contributed by atoms with Gasteiger partial charge < -0.3 is 5.32 Å². The number of amides is 1. The van der Waals surface area contributed by atoms with Crippen LogP contribution in [0.15, 0.2) is 11.0 Å². The molecule has 0 atom stereocenters. The van der Waals surface area contributed by atoms with Crippen LogP contribution in [0.4, 0.5) is 0 Å². The molecule has 0 unspecified atom stereocenters. The Bertz CT molecular complexity index is 647. The number of halogens is 2. The van der Waals surface area contributed by atoms with Gasteiger partial charge in [0.25, 0.3) is 0 Å². The molecular formula is C14H20Cl2N2O3S. The molecule has 1 amide bonds. The summed E-state index contributed by atoms with van der Waals surface area (Å²) in [6.07, 6.45) is 0. The fourth-order valence-corrected chi connectivity index (χ4v) is 4.02. The van der Waals surface area contributed by atoms with E-state index >= 15 is 0 Å². The highest BCUT2D eigenvalue weighted by Crippen LogP contribution is 2.33. The topological polar surface area (TPSA) is 75.3 Å². The Morgan fingerprint density at radius 2 is 1.82 bits per heavy atom. The Morgan fingerprint density at radius 1 is 1.23 bits per heavy atom. The van der Waals surface area contributed by atoms with Gasteiger partial charge in [-0.25, -0.2) is 13.1 Å². The molecule has 0 fully saturated rings. The van der Waals surface area contributed by atoms with Crippen LogP contribution in [0.25, 0.3) is 0 Å². The molecule has 0 radical (unpaired) electrons. The molecule has 8 heteroatoms. The monoisotopic (exact) mass is 366 g/mol. The van der Waals surface area contributed by atoms with Gasteiger partial charge in [0.1, 0.15) is 4.90 Å². The van der Waals surface area contributed by atoms with Crippen molar-refractivity contribution in [1.82, 2.24) is 10.0 Å². The molecule has 0 bridgehead atoms. The molecule has 0 aliphatic carbocycles. The Labute approximate surface area is 141 Å². The number of benzene rings is 1. The predicted molar refractivity (Wildman–Crippen MR) is 89.0 cm³/mol. The van der Waals surface area contributed by atoms with Crippen LogP contribution >= 0.6 is 23.2 Å². The second-order valence-electron chi connectivity index (χ2n) is 5.29. The molecule has 0 heterocycles. The van der Waals surface area contributed by atoms with Gasteiger partial charge in [0.2, 0.25) is 15.9 Å². The summed E-state index contributed by atoms with van der Waals surface area (Å²) < 4.78 is 27.2. The number of nitrogens with one attached hydrogen (secondary N) is 2. The molecule has 0 aromatic heterocycles. The fraction of sp³-hybridized carbons (Fsp3) is 0.500. The van der Waals surface area contributed by atoms with E-state index in [1.54, 1.807) is 33.8 Å². The zero-order valence-electron chi connectivity index (χ0n) is 13.0. The summed E-state index contributed by atoms with van der Waals surface area (Å²) in [5.74, 6) is -0.282. The van der Waals surface area contributed by atoms with Crippen molar-refractivity contribution in [3.63, 3.8) is 0 Å².